The Labute approximate surface area is 175 Å². The number of aryl methyl sites for hydroxylation is 2. The minimum atomic E-state index is -3.81. The Morgan fingerprint density at radius 3 is 2.45 bits per heavy atom. The monoisotopic (exact) mass is 435 g/mol. The Hall–Kier alpha value is -2.43. The zero-order chi connectivity index (χ0) is 21.3. The number of nitrogens with zero attached hydrogens (tertiary/aromatic N) is 2. The smallest absolute Gasteiger partial charge is 0.256 e. The summed E-state index contributed by atoms with van der Waals surface area (Å²) in [6, 6.07) is 9.92. The van der Waals surface area contributed by atoms with Gasteiger partial charge in [0.05, 0.1) is 0 Å². The molecule has 1 aromatic heterocycles. The summed E-state index contributed by atoms with van der Waals surface area (Å²) in [5, 5.41) is 1.06. The molecule has 1 aromatic carbocycles. The summed E-state index contributed by atoms with van der Waals surface area (Å²) in [6.45, 7) is 3.63. The van der Waals surface area contributed by atoms with Crippen molar-refractivity contribution in [1.82, 2.24) is 20.1 Å². The van der Waals surface area contributed by atoms with E-state index in [9.17, 15) is 13.2 Å². The highest BCUT2D eigenvalue weighted by Gasteiger charge is 2.23. The van der Waals surface area contributed by atoms with Crippen LogP contribution in [-0.4, -0.2) is 42.3 Å². The molecule has 0 radical (unpaired) electrons. The van der Waals surface area contributed by atoms with Crippen LogP contribution in [0.3, 0.4) is 0 Å². The topological polar surface area (TPSA) is 113 Å². The Morgan fingerprint density at radius 2 is 1.83 bits per heavy atom. The summed E-state index contributed by atoms with van der Waals surface area (Å²) in [5.74, 6) is 0.341. The van der Waals surface area contributed by atoms with Crippen LogP contribution in [0.4, 0.5) is 5.95 Å². The third kappa shape index (κ3) is 8.22. The van der Waals surface area contributed by atoms with Gasteiger partial charge >= 0.3 is 0 Å². The molecule has 8 nitrogen and oxygen atoms in total. The van der Waals surface area contributed by atoms with Crippen molar-refractivity contribution in [2.45, 2.75) is 26.3 Å². The lowest BCUT2D eigenvalue weighted by molar-refractivity contribution is -0.122. The number of benzene rings is 1. The summed E-state index contributed by atoms with van der Waals surface area (Å²) >= 11 is 1.52. The first kappa shape index (κ1) is 22.9. The van der Waals surface area contributed by atoms with Crippen molar-refractivity contribution in [1.29, 1.82) is 0 Å². The fraction of sp³-hybridized carbons (Fsp3) is 0.316. The SMILES string of the molecule is CSCC[C@@H](NS(=O)(=O)/C=C/c1ccccc1)C(=O)NNc1nc(C)cc(C)n1. The fourth-order valence-corrected chi connectivity index (χ4v) is 3.94. The predicted molar refractivity (Wildman–Crippen MR) is 118 cm³/mol. The van der Waals surface area contributed by atoms with Gasteiger partial charge in [-0.3, -0.25) is 15.6 Å². The predicted octanol–water partition coefficient (Wildman–Crippen LogP) is 2.25. The van der Waals surface area contributed by atoms with Crippen molar-refractivity contribution in [3.63, 3.8) is 0 Å². The molecule has 1 atom stereocenters. The van der Waals surface area contributed by atoms with E-state index in [1.165, 1.54) is 17.8 Å². The summed E-state index contributed by atoms with van der Waals surface area (Å²) in [4.78, 5) is 20.9. The number of carbonyl (C=O) groups is 1. The number of aromatic nitrogens is 2. The van der Waals surface area contributed by atoms with Crippen LogP contribution in [-0.2, 0) is 14.8 Å². The van der Waals surface area contributed by atoms with E-state index in [2.05, 4.69) is 25.5 Å². The highest BCUT2D eigenvalue weighted by Crippen LogP contribution is 2.07. The molecule has 0 aliphatic rings. The maximum atomic E-state index is 12.6. The van der Waals surface area contributed by atoms with E-state index in [4.69, 9.17) is 0 Å². The van der Waals surface area contributed by atoms with Crippen molar-refractivity contribution in [2.75, 3.05) is 17.4 Å². The van der Waals surface area contributed by atoms with Crippen molar-refractivity contribution in [3.8, 4) is 0 Å². The number of carbonyl (C=O) groups excluding carboxylic acids is 1. The van der Waals surface area contributed by atoms with Crippen LogP contribution < -0.4 is 15.6 Å². The van der Waals surface area contributed by atoms with E-state index in [1.54, 1.807) is 12.1 Å². The minimum absolute atomic E-state index is 0.242. The zero-order valence-electron chi connectivity index (χ0n) is 16.5. The maximum Gasteiger partial charge on any atom is 0.256 e. The molecule has 10 heteroatoms. The average Bonchev–Trinajstić information content (AvgIpc) is 2.68. The highest BCUT2D eigenvalue weighted by molar-refractivity contribution is 7.98. The van der Waals surface area contributed by atoms with Crippen molar-refractivity contribution in [3.05, 3.63) is 58.8 Å². The third-order valence-corrected chi connectivity index (χ3v) is 5.50. The van der Waals surface area contributed by atoms with Gasteiger partial charge in [-0.05, 0) is 50.0 Å². The molecule has 2 aromatic rings. The second-order valence-corrected chi connectivity index (χ2v) is 8.88. The zero-order valence-corrected chi connectivity index (χ0v) is 18.2. The first-order valence-electron chi connectivity index (χ1n) is 8.91. The van der Waals surface area contributed by atoms with Crippen molar-refractivity contribution >= 4 is 39.7 Å². The first-order chi connectivity index (χ1) is 13.8. The van der Waals surface area contributed by atoms with Crippen LogP contribution >= 0.6 is 11.8 Å². The van der Waals surface area contributed by atoms with Crippen LogP contribution in [0.2, 0.25) is 0 Å². The number of amides is 1. The molecule has 156 valence electrons. The molecule has 0 aliphatic heterocycles. The molecule has 1 amide bonds. The second-order valence-electron chi connectivity index (χ2n) is 6.30. The van der Waals surface area contributed by atoms with Crippen molar-refractivity contribution in [2.24, 2.45) is 0 Å². The fourth-order valence-electron chi connectivity index (χ4n) is 2.44. The number of hydrogen-bond donors (Lipinski definition) is 3. The molecule has 29 heavy (non-hydrogen) atoms. The van der Waals surface area contributed by atoms with Gasteiger partial charge in [-0.2, -0.15) is 16.5 Å². The first-order valence-corrected chi connectivity index (χ1v) is 11.9. The van der Waals surface area contributed by atoms with Gasteiger partial charge in [-0.25, -0.2) is 18.4 Å². The quantitative estimate of drug-likeness (QED) is 0.491. The molecule has 1 heterocycles. The molecule has 0 spiro atoms. The molecule has 0 saturated carbocycles. The molecule has 0 saturated heterocycles. The minimum Gasteiger partial charge on any atom is -0.271 e. The lowest BCUT2D eigenvalue weighted by Gasteiger charge is -2.17. The Bertz CT molecular complexity index is 929. The average molecular weight is 436 g/mol. The molecule has 2 rings (SSSR count). The molecule has 0 unspecified atom stereocenters. The molecular formula is C19H25N5O3S2. The largest absolute Gasteiger partial charge is 0.271 e. The summed E-state index contributed by atoms with van der Waals surface area (Å²) in [5.41, 5.74) is 7.38. The van der Waals surface area contributed by atoms with E-state index in [-0.39, 0.29) is 5.95 Å². The number of sulfonamides is 1. The van der Waals surface area contributed by atoms with Gasteiger partial charge in [0.25, 0.3) is 5.91 Å². The number of hydrazine groups is 1. The second kappa shape index (κ2) is 10.9. The van der Waals surface area contributed by atoms with Gasteiger partial charge in [0, 0.05) is 16.8 Å². The number of nitrogens with one attached hydrogen (secondary N) is 3. The van der Waals surface area contributed by atoms with Crippen LogP contribution in [0.1, 0.15) is 23.4 Å². The van der Waals surface area contributed by atoms with Crippen LogP contribution in [0.5, 0.6) is 0 Å². The van der Waals surface area contributed by atoms with E-state index < -0.39 is 22.0 Å². The van der Waals surface area contributed by atoms with Gasteiger partial charge < -0.3 is 0 Å². The van der Waals surface area contributed by atoms with Gasteiger partial charge in [0.15, 0.2) is 0 Å². The van der Waals surface area contributed by atoms with Gasteiger partial charge in [0.2, 0.25) is 16.0 Å². The molecule has 0 fully saturated rings. The standard InChI is InChI=1S/C19H25N5O3S2/c1-14-13-15(2)21-19(20-14)23-22-18(25)17(9-11-28-3)24-29(26,27)12-10-16-7-5-4-6-8-16/h4-8,10,12-13,17,24H,9,11H2,1-3H3,(H,22,25)(H,20,21,23)/b12-10+/t17-/m1/s1. The normalized spacial score (nSPS) is 12.7. The number of rotatable bonds is 10. The molecular weight excluding hydrogens is 410 g/mol. The van der Waals surface area contributed by atoms with Crippen LogP contribution in [0, 0.1) is 13.8 Å². The lowest BCUT2D eigenvalue weighted by Crippen LogP contribution is -2.48. The number of anilines is 1. The molecule has 3 N–H and O–H groups in total. The van der Waals surface area contributed by atoms with Gasteiger partial charge in [0.1, 0.15) is 6.04 Å². The highest BCUT2D eigenvalue weighted by atomic mass is 32.2. The van der Waals surface area contributed by atoms with E-state index in [0.29, 0.717) is 12.2 Å². The van der Waals surface area contributed by atoms with E-state index >= 15 is 0 Å². The summed E-state index contributed by atoms with van der Waals surface area (Å²) in [6.07, 6.45) is 3.70. The Kier molecular flexibility index (Phi) is 8.62. The van der Waals surface area contributed by atoms with Gasteiger partial charge in [-0.1, -0.05) is 30.3 Å². The number of hydrogen-bond acceptors (Lipinski definition) is 7. The molecule has 0 aliphatic carbocycles. The van der Waals surface area contributed by atoms with E-state index in [0.717, 1.165) is 22.4 Å². The lowest BCUT2D eigenvalue weighted by atomic mass is 10.2. The Morgan fingerprint density at radius 1 is 1.17 bits per heavy atom. The summed E-state index contributed by atoms with van der Waals surface area (Å²) < 4.78 is 27.3. The third-order valence-electron chi connectivity index (χ3n) is 3.75. The number of thioether (sulfide) groups is 1. The maximum absolute atomic E-state index is 12.6. The van der Waals surface area contributed by atoms with E-state index in [1.807, 2.05) is 44.4 Å². The summed E-state index contributed by atoms with van der Waals surface area (Å²) in [7, 11) is -3.81. The van der Waals surface area contributed by atoms with Crippen LogP contribution in [0.15, 0.2) is 41.8 Å². The van der Waals surface area contributed by atoms with Crippen LogP contribution in [0.25, 0.3) is 6.08 Å². The van der Waals surface area contributed by atoms with Crippen molar-refractivity contribution < 1.29 is 13.2 Å². The van der Waals surface area contributed by atoms with Gasteiger partial charge in [-0.15, -0.1) is 0 Å². The molecule has 0 bridgehead atoms. The Balaban J connectivity index is 2.04.